The lowest BCUT2D eigenvalue weighted by Crippen LogP contribution is -2.45. The molecule has 1 amide bonds. The maximum atomic E-state index is 13.1. The van der Waals surface area contributed by atoms with Crippen LogP contribution in [0.5, 0.6) is 0 Å². The quantitative estimate of drug-likeness (QED) is 0.691. The van der Waals surface area contributed by atoms with Crippen LogP contribution in [0.3, 0.4) is 0 Å². The smallest absolute Gasteiger partial charge is 0.225 e. The first-order valence-corrected chi connectivity index (χ1v) is 11.0. The number of piperidine rings is 1. The van der Waals surface area contributed by atoms with E-state index in [1.165, 1.54) is 5.56 Å². The molecule has 5 nitrogen and oxygen atoms in total. The van der Waals surface area contributed by atoms with E-state index in [1.54, 1.807) is 0 Å². The van der Waals surface area contributed by atoms with Crippen LogP contribution in [-0.2, 0) is 11.3 Å². The monoisotopic (exact) mass is 405 g/mol. The average Bonchev–Trinajstić information content (AvgIpc) is 3.27. The van der Waals surface area contributed by atoms with Crippen molar-refractivity contribution in [2.45, 2.75) is 31.8 Å². The Kier molecular flexibility index (Phi) is 6.48. The highest BCUT2D eigenvalue weighted by molar-refractivity contribution is 5.79. The lowest BCUT2D eigenvalue weighted by Gasteiger charge is -2.36. The molecular weight excluding hydrogens is 374 g/mol. The van der Waals surface area contributed by atoms with E-state index in [1.807, 2.05) is 42.3 Å². The van der Waals surface area contributed by atoms with Gasteiger partial charge in [0, 0.05) is 63.0 Å². The average molecular weight is 406 g/mol. The summed E-state index contributed by atoms with van der Waals surface area (Å²) in [5.41, 5.74) is 3.16. The van der Waals surface area contributed by atoms with Gasteiger partial charge in [-0.2, -0.15) is 0 Å². The number of aldehydes is 1. The van der Waals surface area contributed by atoms with Crippen LogP contribution in [0.1, 0.15) is 35.2 Å². The predicted octanol–water partition coefficient (Wildman–Crippen LogP) is 3.45. The molecule has 2 aliphatic heterocycles. The van der Waals surface area contributed by atoms with Crippen molar-refractivity contribution in [1.82, 2.24) is 9.80 Å². The van der Waals surface area contributed by atoms with Crippen molar-refractivity contribution in [3.63, 3.8) is 0 Å². The molecule has 2 aliphatic rings. The van der Waals surface area contributed by atoms with Gasteiger partial charge in [-0.05, 0) is 49.1 Å². The summed E-state index contributed by atoms with van der Waals surface area (Å²) < 4.78 is 0. The molecule has 158 valence electrons. The van der Waals surface area contributed by atoms with Crippen LogP contribution in [0.4, 0.5) is 5.69 Å². The zero-order valence-corrected chi connectivity index (χ0v) is 17.7. The first kappa shape index (κ1) is 20.6. The molecule has 0 saturated carbocycles. The number of carbonyl (C=O) groups is 2. The number of nitrogens with zero attached hydrogens (tertiary/aromatic N) is 3. The molecule has 2 saturated heterocycles. The number of benzene rings is 2. The van der Waals surface area contributed by atoms with Gasteiger partial charge in [0.05, 0.1) is 0 Å². The first-order valence-electron chi connectivity index (χ1n) is 11.0. The summed E-state index contributed by atoms with van der Waals surface area (Å²) in [5, 5.41) is 0. The molecule has 4 rings (SSSR count). The zero-order chi connectivity index (χ0) is 20.9. The van der Waals surface area contributed by atoms with Crippen LogP contribution in [0.25, 0.3) is 0 Å². The van der Waals surface area contributed by atoms with E-state index in [9.17, 15) is 9.59 Å². The van der Waals surface area contributed by atoms with E-state index in [0.717, 1.165) is 64.0 Å². The summed E-state index contributed by atoms with van der Waals surface area (Å²) in [5.74, 6) is 0.418. The second kappa shape index (κ2) is 9.43. The van der Waals surface area contributed by atoms with Crippen molar-refractivity contribution in [2.24, 2.45) is 5.92 Å². The van der Waals surface area contributed by atoms with Crippen molar-refractivity contribution in [1.29, 1.82) is 0 Å². The third kappa shape index (κ3) is 4.73. The second-order valence-corrected chi connectivity index (χ2v) is 8.58. The Labute approximate surface area is 179 Å². The fourth-order valence-electron chi connectivity index (χ4n) is 4.73. The number of hydrogen-bond donors (Lipinski definition) is 0. The normalized spacial score (nSPS) is 20.3. The van der Waals surface area contributed by atoms with Crippen molar-refractivity contribution >= 4 is 17.9 Å². The van der Waals surface area contributed by atoms with Gasteiger partial charge >= 0.3 is 0 Å². The van der Waals surface area contributed by atoms with Gasteiger partial charge in [-0.1, -0.05) is 30.3 Å². The third-order valence-corrected chi connectivity index (χ3v) is 6.63. The van der Waals surface area contributed by atoms with Crippen molar-refractivity contribution in [3.05, 3.63) is 65.7 Å². The van der Waals surface area contributed by atoms with Crippen LogP contribution in [0, 0.1) is 5.92 Å². The number of likely N-dealkylation sites (N-methyl/N-ethyl adjacent to an activating group) is 1. The van der Waals surface area contributed by atoms with E-state index in [4.69, 9.17) is 0 Å². The minimum Gasteiger partial charge on any atom is -0.371 e. The summed E-state index contributed by atoms with van der Waals surface area (Å²) in [6.45, 7) is 4.73. The van der Waals surface area contributed by atoms with E-state index >= 15 is 0 Å². The highest BCUT2D eigenvalue weighted by Crippen LogP contribution is 2.26. The van der Waals surface area contributed by atoms with Crippen LogP contribution in [0.2, 0.25) is 0 Å². The van der Waals surface area contributed by atoms with Crippen LogP contribution in [-0.4, -0.2) is 61.3 Å². The van der Waals surface area contributed by atoms with E-state index in [0.29, 0.717) is 17.5 Å². The molecule has 5 heteroatoms. The molecule has 0 spiro atoms. The standard InChI is InChI=1S/C25H31N3O2/c1-26(24-13-14-27(18-24)17-20-5-3-2-4-6-20)25(30)22-11-15-28(16-12-22)23-9-7-21(19-29)8-10-23/h2-10,19,22,24H,11-18H2,1H3/t24-/m0/s1. The number of hydrogen-bond acceptors (Lipinski definition) is 4. The number of likely N-dealkylation sites (tertiary alicyclic amines) is 1. The van der Waals surface area contributed by atoms with Crippen molar-refractivity contribution in [3.8, 4) is 0 Å². The Bertz CT molecular complexity index is 844. The maximum Gasteiger partial charge on any atom is 0.225 e. The number of rotatable bonds is 6. The minimum atomic E-state index is 0.115. The summed E-state index contributed by atoms with van der Waals surface area (Å²) in [4.78, 5) is 30.8. The molecule has 0 aliphatic carbocycles. The predicted molar refractivity (Wildman–Crippen MR) is 120 cm³/mol. The van der Waals surface area contributed by atoms with E-state index in [2.05, 4.69) is 34.1 Å². The van der Waals surface area contributed by atoms with Gasteiger partial charge < -0.3 is 9.80 Å². The molecule has 0 aromatic heterocycles. The molecule has 0 radical (unpaired) electrons. The lowest BCUT2D eigenvalue weighted by molar-refractivity contribution is -0.136. The Balaban J connectivity index is 1.27. The Morgan fingerprint density at radius 2 is 1.70 bits per heavy atom. The van der Waals surface area contributed by atoms with Crippen LogP contribution in [0.15, 0.2) is 54.6 Å². The van der Waals surface area contributed by atoms with Crippen LogP contribution >= 0.6 is 0 Å². The minimum absolute atomic E-state index is 0.115. The molecule has 30 heavy (non-hydrogen) atoms. The molecule has 2 aromatic carbocycles. The van der Waals surface area contributed by atoms with Gasteiger partial charge in [-0.25, -0.2) is 0 Å². The molecule has 0 N–H and O–H groups in total. The topological polar surface area (TPSA) is 43.9 Å². The highest BCUT2D eigenvalue weighted by Gasteiger charge is 2.33. The highest BCUT2D eigenvalue weighted by atomic mass is 16.2. The van der Waals surface area contributed by atoms with Gasteiger partial charge in [-0.15, -0.1) is 0 Å². The number of anilines is 1. The maximum absolute atomic E-state index is 13.1. The molecule has 2 aromatic rings. The summed E-state index contributed by atoms with van der Waals surface area (Å²) in [6.07, 6.45) is 3.70. The third-order valence-electron chi connectivity index (χ3n) is 6.63. The lowest BCUT2D eigenvalue weighted by atomic mass is 9.94. The Morgan fingerprint density at radius 1 is 1.00 bits per heavy atom. The van der Waals surface area contributed by atoms with Gasteiger partial charge in [0.15, 0.2) is 0 Å². The molecule has 0 unspecified atom stereocenters. The first-order chi connectivity index (χ1) is 14.6. The second-order valence-electron chi connectivity index (χ2n) is 8.58. The number of amides is 1. The van der Waals surface area contributed by atoms with Crippen LogP contribution < -0.4 is 4.90 Å². The van der Waals surface area contributed by atoms with Gasteiger partial charge in [-0.3, -0.25) is 14.5 Å². The van der Waals surface area contributed by atoms with Crippen molar-refractivity contribution < 1.29 is 9.59 Å². The van der Waals surface area contributed by atoms with Gasteiger partial charge in [0.25, 0.3) is 0 Å². The fourth-order valence-corrected chi connectivity index (χ4v) is 4.73. The molecule has 2 fully saturated rings. The summed E-state index contributed by atoms with van der Waals surface area (Å²) >= 11 is 0. The van der Waals surface area contributed by atoms with Gasteiger partial charge in [0.1, 0.15) is 6.29 Å². The Hall–Kier alpha value is -2.66. The number of carbonyl (C=O) groups excluding carboxylic acids is 2. The van der Waals surface area contributed by atoms with Crippen molar-refractivity contribution in [2.75, 3.05) is 38.1 Å². The summed E-state index contributed by atoms with van der Waals surface area (Å²) in [6, 6.07) is 18.6. The molecule has 1 atom stereocenters. The largest absolute Gasteiger partial charge is 0.371 e. The molecular formula is C25H31N3O2. The molecule has 2 heterocycles. The summed E-state index contributed by atoms with van der Waals surface area (Å²) in [7, 11) is 1.99. The molecule has 0 bridgehead atoms. The SMILES string of the molecule is CN(C(=O)C1CCN(c2ccc(C=O)cc2)CC1)[C@H]1CCN(Cc2ccccc2)C1. The van der Waals surface area contributed by atoms with E-state index < -0.39 is 0 Å². The van der Waals surface area contributed by atoms with E-state index in [-0.39, 0.29) is 5.92 Å². The Morgan fingerprint density at radius 3 is 2.37 bits per heavy atom. The fraction of sp³-hybridized carbons (Fsp3) is 0.440. The zero-order valence-electron chi connectivity index (χ0n) is 17.7. The van der Waals surface area contributed by atoms with Gasteiger partial charge in [0.2, 0.25) is 5.91 Å².